The molecule has 4 nitrogen and oxygen atoms in total. The van der Waals surface area contributed by atoms with Crippen molar-refractivity contribution in [2.45, 2.75) is 52.2 Å². The van der Waals surface area contributed by atoms with Gasteiger partial charge in [0, 0.05) is 17.1 Å². The molecular weight excluding hydrogens is 278 g/mol. The molecule has 1 rings (SSSR count). The number of benzene rings is 1. The van der Waals surface area contributed by atoms with Crippen LogP contribution in [0, 0.1) is 0 Å². The molecule has 0 aliphatic heterocycles. The summed E-state index contributed by atoms with van der Waals surface area (Å²) in [4.78, 5) is 11.8. The number of hydrogen-bond donors (Lipinski definition) is 2. The van der Waals surface area contributed by atoms with Crippen molar-refractivity contribution >= 4 is 23.4 Å². The Morgan fingerprint density at radius 2 is 1.90 bits per heavy atom. The molecule has 0 saturated heterocycles. The molecule has 20 heavy (non-hydrogen) atoms. The van der Waals surface area contributed by atoms with Gasteiger partial charge in [-0.1, -0.05) is 17.7 Å². The molecule has 0 atom stereocenters. The fourth-order valence-corrected chi connectivity index (χ4v) is 1.87. The van der Waals surface area contributed by atoms with Crippen molar-refractivity contribution in [2.75, 3.05) is 5.32 Å². The van der Waals surface area contributed by atoms with E-state index in [-0.39, 0.29) is 0 Å². The molecule has 0 heterocycles. The van der Waals surface area contributed by atoms with E-state index in [1.807, 2.05) is 0 Å². The summed E-state index contributed by atoms with van der Waals surface area (Å²) >= 11 is 5.95. The number of amides is 1. The smallest absolute Gasteiger partial charge is 0.412 e. The zero-order chi connectivity index (χ0) is 15.6. The van der Waals surface area contributed by atoms with Crippen molar-refractivity contribution in [1.29, 1.82) is 0 Å². The minimum Gasteiger partial charge on any atom is -0.444 e. The summed E-state index contributed by atoms with van der Waals surface area (Å²) in [7, 11) is 0. The van der Waals surface area contributed by atoms with Crippen molar-refractivity contribution in [1.82, 2.24) is 0 Å². The van der Waals surface area contributed by atoms with Crippen molar-refractivity contribution in [3.8, 4) is 0 Å². The summed E-state index contributed by atoms with van der Waals surface area (Å²) in [6.45, 7) is 8.80. The first-order chi connectivity index (χ1) is 8.96. The van der Waals surface area contributed by atoms with Crippen LogP contribution in [0.25, 0.3) is 0 Å². The third kappa shape index (κ3) is 6.26. The van der Waals surface area contributed by atoms with Crippen molar-refractivity contribution in [2.24, 2.45) is 0 Å². The predicted molar refractivity (Wildman–Crippen MR) is 81.3 cm³/mol. The third-order valence-corrected chi connectivity index (χ3v) is 2.57. The maximum atomic E-state index is 11.8. The number of carbonyl (C=O) groups excluding carboxylic acids is 1. The van der Waals surface area contributed by atoms with Crippen LogP contribution >= 0.6 is 11.6 Å². The Morgan fingerprint density at radius 3 is 2.40 bits per heavy atom. The molecule has 1 aromatic carbocycles. The molecule has 112 valence electrons. The Balaban J connectivity index is 2.93. The normalized spacial score (nSPS) is 12.2. The molecule has 0 spiro atoms. The Bertz CT molecular complexity index is 487. The maximum absolute atomic E-state index is 11.8. The summed E-state index contributed by atoms with van der Waals surface area (Å²) in [5.74, 6) is 0. The lowest BCUT2D eigenvalue weighted by atomic mass is 9.97. The molecule has 0 aliphatic carbocycles. The topological polar surface area (TPSA) is 58.6 Å². The fourth-order valence-electron chi connectivity index (χ4n) is 1.70. The van der Waals surface area contributed by atoms with Crippen LogP contribution in [0.5, 0.6) is 0 Å². The Hall–Kier alpha value is -1.26. The van der Waals surface area contributed by atoms with Crippen LogP contribution < -0.4 is 5.32 Å². The van der Waals surface area contributed by atoms with Crippen molar-refractivity contribution in [3.05, 3.63) is 28.8 Å². The number of nitrogens with one attached hydrogen (secondary N) is 1. The summed E-state index contributed by atoms with van der Waals surface area (Å²) < 4.78 is 5.21. The lowest BCUT2D eigenvalue weighted by Gasteiger charge is -2.22. The number of halogens is 1. The zero-order valence-electron chi connectivity index (χ0n) is 12.6. The van der Waals surface area contributed by atoms with Gasteiger partial charge < -0.3 is 9.84 Å². The molecule has 1 amide bonds. The predicted octanol–water partition coefficient (Wildman–Crippen LogP) is 4.00. The molecule has 0 unspecified atom stereocenters. The quantitative estimate of drug-likeness (QED) is 0.887. The number of carbonyl (C=O) groups is 1. The van der Waals surface area contributed by atoms with Gasteiger partial charge in [0.2, 0.25) is 0 Å². The highest BCUT2D eigenvalue weighted by molar-refractivity contribution is 6.31. The van der Waals surface area contributed by atoms with Gasteiger partial charge in [0.05, 0.1) is 5.60 Å². The monoisotopic (exact) mass is 299 g/mol. The Labute approximate surface area is 125 Å². The number of rotatable bonds is 3. The fraction of sp³-hybridized carbons (Fsp3) is 0.533. The van der Waals surface area contributed by atoms with Gasteiger partial charge >= 0.3 is 6.09 Å². The summed E-state index contributed by atoms with van der Waals surface area (Å²) in [6.07, 6.45) is -0.147. The highest BCUT2D eigenvalue weighted by Gasteiger charge is 2.20. The van der Waals surface area contributed by atoms with E-state index in [2.05, 4.69) is 5.32 Å². The van der Waals surface area contributed by atoms with Crippen LogP contribution in [0.3, 0.4) is 0 Å². The number of aliphatic hydroxyl groups is 1. The van der Waals surface area contributed by atoms with Gasteiger partial charge in [0.25, 0.3) is 0 Å². The van der Waals surface area contributed by atoms with Crippen LogP contribution in [0.15, 0.2) is 18.2 Å². The van der Waals surface area contributed by atoms with Gasteiger partial charge in [-0.3, -0.25) is 5.32 Å². The average Bonchev–Trinajstić information content (AvgIpc) is 2.17. The Morgan fingerprint density at radius 1 is 1.30 bits per heavy atom. The highest BCUT2D eigenvalue weighted by Crippen LogP contribution is 2.25. The van der Waals surface area contributed by atoms with Crippen molar-refractivity contribution < 1.29 is 14.6 Å². The number of hydrogen-bond acceptors (Lipinski definition) is 3. The Kier molecular flexibility index (Phi) is 5.05. The van der Waals surface area contributed by atoms with Gasteiger partial charge in [0.1, 0.15) is 5.60 Å². The molecule has 1 aromatic rings. The van der Waals surface area contributed by atoms with E-state index in [9.17, 15) is 9.90 Å². The van der Waals surface area contributed by atoms with E-state index < -0.39 is 17.3 Å². The van der Waals surface area contributed by atoms with Gasteiger partial charge in [-0.05, 0) is 52.3 Å². The molecule has 0 aliphatic rings. The molecule has 0 aromatic heterocycles. The molecule has 0 saturated carbocycles. The zero-order valence-corrected chi connectivity index (χ0v) is 13.3. The van der Waals surface area contributed by atoms with Gasteiger partial charge in [-0.25, -0.2) is 4.79 Å². The average molecular weight is 300 g/mol. The standard InChI is InChI=1S/C15H22ClNO3/c1-14(2,3)20-13(18)17-12-8-11(16)7-6-10(12)9-15(4,5)19/h6-8,19H,9H2,1-5H3,(H,17,18). The number of ether oxygens (including phenoxy) is 1. The molecule has 0 fully saturated rings. The maximum Gasteiger partial charge on any atom is 0.412 e. The lowest BCUT2D eigenvalue weighted by molar-refractivity contribution is 0.0632. The van der Waals surface area contributed by atoms with E-state index in [1.165, 1.54) is 0 Å². The second-order valence-corrected chi connectivity index (χ2v) is 6.85. The van der Waals surface area contributed by atoms with Gasteiger partial charge in [-0.15, -0.1) is 0 Å². The summed E-state index contributed by atoms with van der Waals surface area (Å²) in [5.41, 5.74) is -0.0984. The van der Waals surface area contributed by atoms with Crippen LogP contribution in [0.4, 0.5) is 10.5 Å². The first kappa shape index (κ1) is 16.8. The summed E-state index contributed by atoms with van der Waals surface area (Å²) in [5, 5.41) is 13.1. The third-order valence-electron chi connectivity index (χ3n) is 2.33. The molecule has 5 heteroatoms. The van der Waals surface area contributed by atoms with Crippen LogP contribution in [0.2, 0.25) is 5.02 Å². The van der Waals surface area contributed by atoms with Gasteiger partial charge in [0.15, 0.2) is 0 Å². The van der Waals surface area contributed by atoms with E-state index in [0.29, 0.717) is 17.1 Å². The van der Waals surface area contributed by atoms with E-state index in [0.717, 1.165) is 5.56 Å². The molecule has 0 radical (unpaired) electrons. The second-order valence-electron chi connectivity index (χ2n) is 6.42. The van der Waals surface area contributed by atoms with Crippen LogP contribution in [-0.2, 0) is 11.2 Å². The minimum absolute atomic E-state index is 0.398. The SMILES string of the molecule is CC(C)(O)Cc1ccc(Cl)cc1NC(=O)OC(C)(C)C. The summed E-state index contributed by atoms with van der Waals surface area (Å²) in [6, 6.07) is 5.16. The second kappa shape index (κ2) is 6.02. The first-order valence-corrected chi connectivity index (χ1v) is 6.85. The lowest BCUT2D eigenvalue weighted by Crippen LogP contribution is -2.28. The van der Waals surface area contributed by atoms with Crippen LogP contribution in [-0.4, -0.2) is 22.4 Å². The van der Waals surface area contributed by atoms with E-state index in [1.54, 1.807) is 52.8 Å². The highest BCUT2D eigenvalue weighted by atomic mass is 35.5. The largest absolute Gasteiger partial charge is 0.444 e. The molecular formula is C15H22ClNO3. The van der Waals surface area contributed by atoms with Crippen LogP contribution in [0.1, 0.15) is 40.2 Å². The van der Waals surface area contributed by atoms with Crippen molar-refractivity contribution in [3.63, 3.8) is 0 Å². The first-order valence-electron chi connectivity index (χ1n) is 6.47. The van der Waals surface area contributed by atoms with E-state index in [4.69, 9.17) is 16.3 Å². The molecule has 2 N–H and O–H groups in total. The number of anilines is 1. The molecule has 0 bridgehead atoms. The van der Waals surface area contributed by atoms with Gasteiger partial charge in [-0.2, -0.15) is 0 Å². The minimum atomic E-state index is -0.877. The van der Waals surface area contributed by atoms with E-state index >= 15 is 0 Å².